The smallest absolute Gasteiger partial charge is 0.345 e. The van der Waals surface area contributed by atoms with Crippen molar-refractivity contribution in [2.75, 3.05) is 0 Å². The average Bonchev–Trinajstić information content (AvgIpc) is 1.67. The van der Waals surface area contributed by atoms with Crippen molar-refractivity contribution in [3.8, 4) is 0 Å². The summed E-state index contributed by atoms with van der Waals surface area (Å²) in [5.74, 6) is 0. The lowest BCUT2D eigenvalue weighted by Gasteiger charge is -2.14. The summed E-state index contributed by atoms with van der Waals surface area (Å²) in [5, 5.41) is 0. The van der Waals surface area contributed by atoms with Gasteiger partial charge in [0.1, 0.15) is 0 Å². The van der Waals surface area contributed by atoms with E-state index >= 15 is 0 Å². The van der Waals surface area contributed by atoms with Crippen LogP contribution < -0.4 is 0 Å². The van der Waals surface area contributed by atoms with Crippen LogP contribution in [0.25, 0.3) is 0 Å². The summed E-state index contributed by atoms with van der Waals surface area (Å²) in [6.07, 6.45) is 0. The Bertz CT molecular complexity index is 84.1. The molecule has 0 N–H and O–H groups in total. The summed E-state index contributed by atoms with van der Waals surface area (Å²) in [6, 6.07) is 0. The third kappa shape index (κ3) is 3.43. The second kappa shape index (κ2) is 3.45. The number of halogens is 1. The van der Waals surface area contributed by atoms with E-state index in [1.165, 1.54) is 0 Å². The molecule has 0 aromatic rings. The Hall–Kier alpha value is 0.424. The minimum atomic E-state index is -1.53. The van der Waals surface area contributed by atoms with Crippen molar-refractivity contribution in [3.05, 3.63) is 12.3 Å². The highest BCUT2D eigenvalue weighted by Crippen LogP contribution is 2.03. The number of rotatable bonds is 3. The zero-order valence-corrected chi connectivity index (χ0v) is 7.83. The first-order valence-corrected chi connectivity index (χ1v) is 7.20. The molecule has 0 rings (SSSR count). The Labute approximate surface area is 58.5 Å². The molecule has 0 bridgehead atoms. The third-order valence-corrected chi connectivity index (χ3v) is 4.88. The van der Waals surface area contributed by atoms with Gasteiger partial charge in [0.05, 0.1) is 0 Å². The van der Waals surface area contributed by atoms with Gasteiger partial charge in [0.15, 0.2) is 8.32 Å². The second-order valence-corrected chi connectivity index (χ2v) is 7.04. The average molecular weight is 165 g/mol. The van der Waals surface area contributed by atoms with Gasteiger partial charge in [0.25, 0.3) is 0 Å². The molecular weight excluding hydrogens is 156 g/mol. The molecule has 0 aliphatic carbocycles. The normalized spacial score (nSPS) is 11.4. The topological polar surface area (TPSA) is 9.23 Å². The molecule has 0 saturated carbocycles. The van der Waals surface area contributed by atoms with Crippen LogP contribution in [0.4, 0.5) is 0 Å². The molecule has 0 aliphatic heterocycles. The molecule has 0 fully saturated rings. The molecule has 46 valence electrons. The minimum Gasteiger partial charge on any atom is -0.441 e. The molecule has 0 saturated heterocycles. The first-order chi connectivity index (χ1) is 3.62. The van der Waals surface area contributed by atoms with Gasteiger partial charge in [-0.1, -0.05) is 5.70 Å². The maximum absolute atomic E-state index is 5.36. The summed E-state index contributed by atoms with van der Waals surface area (Å²) in [4.78, 5) is 0. The summed E-state index contributed by atoms with van der Waals surface area (Å²) in [7, 11) is -1.45. The van der Waals surface area contributed by atoms with E-state index in [-0.39, 0.29) is 9.07 Å². The van der Waals surface area contributed by atoms with E-state index in [4.69, 9.17) is 15.2 Å². The number of hydrogen-bond acceptors (Lipinski definition) is 1. The molecule has 0 amide bonds. The van der Waals surface area contributed by atoms with Crippen molar-refractivity contribution in [3.63, 3.8) is 0 Å². The molecular formula is C4H9ClOSi2. The molecule has 4 heteroatoms. The summed E-state index contributed by atoms with van der Waals surface area (Å²) < 4.78 is 5.19. The Morgan fingerprint density at radius 3 is 2.38 bits per heavy atom. The van der Waals surface area contributed by atoms with Crippen LogP contribution in [0.2, 0.25) is 13.1 Å². The zero-order chi connectivity index (χ0) is 6.62. The van der Waals surface area contributed by atoms with Crippen LogP contribution in [0.3, 0.4) is 0 Å². The van der Waals surface area contributed by atoms with Crippen LogP contribution in [-0.4, -0.2) is 17.4 Å². The molecule has 8 heavy (non-hydrogen) atoms. The predicted octanol–water partition coefficient (Wildman–Crippen LogP) is 1.71. The summed E-state index contributed by atoms with van der Waals surface area (Å²) in [6.45, 7) is 7.74. The summed E-state index contributed by atoms with van der Waals surface area (Å²) >= 11 is 5.36. The molecule has 0 aromatic carbocycles. The minimum absolute atomic E-state index is 0.0787. The van der Waals surface area contributed by atoms with Gasteiger partial charge in [0.2, 0.25) is 0 Å². The molecule has 2 radical (unpaired) electrons. The molecule has 0 heterocycles. The zero-order valence-electron chi connectivity index (χ0n) is 5.07. The first kappa shape index (κ1) is 8.42. The third-order valence-electron chi connectivity index (χ3n) is 0.793. The van der Waals surface area contributed by atoms with Crippen molar-refractivity contribution in [2.24, 2.45) is 0 Å². The van der Waals surface area contributed by atoms with Crippen LogP contribution in [0, 0.1) is 0 Å². The second-order valence-electron chi connectivity index (χ2n) is 1.99. The Balaban J connectivity index is 3.53. The largest absolute Gasteiger partial charge is 0.441 e. The highest BCUT2D eigenvalue weighted by Gasteiger charge is 2.15. The van der Waals surface area contributed by atoms with Gasteiger partial charge >= 0.3 is 9.07 Å². The van der Waals surface area contributed by atoms with Crippen LogP contribution in [-0.2, 0) is 4.12 Å². The Morgan fingerprint density at radius 1 is 1.75 bits per heavy atom. The fraction of sp³-hybridized carbons (Fsp3) is 0.500. The van der Waals surface area contributed by atoms with Crippen LogP contribution in [0.1, 0.15) is 0 Å². The first-order valence-electron chi connectivity index (χ1n) is 2.29. The van der Waals surface area contributed by atoms with Gasteiger partial charge in [-0.05, 0) is 13.1 Å². The van der Waals surface area contributed by atoms with Crippen molar-refractivity contribution >= 4 is 28.5 Å². The molecule has 0 atom stereocenters. The Kier molecular flexibility index (Phi) is 3.63. The predicted molar refractivity (Wildman–Crippen MR) is 40.4 cm³/mol. The van der Waals surface area contributed by atoms with Crippen molar-refractivity contribution < 1.29 is 4.12 Å². The highest BCUT2D eigenvalue weighted by atomic mass is 35.6. The van der Waals surface area contributed by atoms with Crippen LogP contribution >= 0.6 is 11.1 Å². The van der Waals surface area contributed by atoms with Gasteiger partial charge < -0.3 is 4.12 Å². The van der Waals surface area contributed by atoms with E-state index in [2.05, 4.69) is 19.7 Å². The van der Waals surface area contributed by atoms with E-state index in [9.17, 15) is 0 Å². The standard InChI is InChI=1S/C4H9ClOSi2/c1-4-8(2,3)6-7-5/h4H,1H2,2-3H3. The fourth-order valence-corrected chi connectivity index (χ4v) is 3.06. The van der Waals surface area contributed by atoms with Gasteiger partial charge in [-0.25, -0.2) is 0 Å². The molecule has 0 unspecified atom stereocenters. The van der Waals surface area contributed by atoms with Gasteiger partial charge in [-0.3, -0.25) is 0 Å². The maximum Gasteiger partial charge on any atom is 0.345 e. The highest BCUT2D eigenvalue weighted by molar-refractivity contribution is 6.95. The van der Waals surface area contributed by atoms with Gasteiger partial charge in [0, 0.05) is 0 Å². The lowest BCUT2D eigenvalue weighted by atomic mass is 11.3. The van der Waals surface area contributed by atoms with Gasteiger partial charge in [-0.2, -0.15) is 0 Å². The van der Waals surface area contributed by atoms with Crippen LogP contribution in [0.15, 0.2) is 12.3 Å². The lowest BCUT2D eigenvalue weighted by molar-refractivity contribution is 0.620. The van der Waals surface area contributed by atoms with E-state index in [1.54, 1.807) is 0 Å². The Morgan fingerprint density at radius 2 is 2.25 bits per heavy atom. The van der Waals surface area contributed by atoms with E-state index < -0.39 is 8.32 Å². The van der Waals surface area contributed by atoms with Crippen LogP contribution in [0.5, 0.6) is 0 Å². The van der Waals surface area contributed by atoms with Crippen molar-refractivity contribution in [1.29, 1.82) is 0 Å². The molecule has 1 nitrogen and oxygen atoms in total. The van der Waals surface area contributed by atoms with E-state index in [1.807, 2.05) is 5.70 Å². The summed E-state index contributed by atoms with van der Waals surface area (Å²) in [5.41, 5.74) is 1.86. The fourth-order valence-electron chi connectivity index (χ4n) is 0.141. The van der Waals surface area contributed by atoms with Crippen molar-refractivity contribution in [1.82, 2.24) is 0 Å². The van der Waals surface area contributed by atoms with E-state index in [0.717, 1.165) is 0 Å². The molecule has 0 spiro atoms. The molecule has 0 aromatic heterocycles. The molecule has 0 aliphatic rings. The quantitative estimate of drug-likeness (QED) is 0.456. The lowest BCUT2D eigenvalue weighted by Crippen LogP contribution is -2.27. The monoisotopic (exact) mass is 164 g/mol. The van der Waals surface area contributed by atoms with Crippen molar-refractivity contribution in [2.45, 2.75) is 13.1 Å². The van der Waals surface area contributed by atoms with Gasteiger partial charge in [-0.15, -0.1) is 17.7 Å². The maximum atomic E-state index is 5.36. The SMILES string of the molecule is C=C[Si](C)(C)O[Si]Cl. The number of hydrogen-bond donors (Lipinski definition) is 0. The van der Waals surface area contributed by atoms with E-state index in [0.29, 0.717) is 0 Å².